The highest BCUT2D eigenvalue weighted by Gasteiger charge is 2.17. The summed E-state index contributed by atoms with van der Waals surface area (Å²) in [6.07, 6.45) is 0.763. The number of nitrogens with one attached hydrogen (secondary N) is 1. The Morgan fingerprint density at radius 3 is 2.62 bits per heavy atom. The number of phenolic OH excluding ortho intramolecular Hbond substituents is 1. The second kappa shape index (κ2) is 5.89. The van der Waals surface area contributed by atoms with Crippen LogP contribution < -0.4 is 5.32 Å². The van der Waals surface area contributed by atoms with Gasteiger partial charge in [-0.1, -0.05) is 41.9 Å². The summed E-state index contributed by atoms with van der Waals surface area (Å²) in [6, 6.07) is 6.69. The quantitative estimate of drug-likeness (QED) is 0.660. The molecule has 1 atom stereocenters. The van der Waals surface area contributed by atoms with E-state index in [0.717, 1.165) is 6.42 Å². The maximum absolute atomic E-state index is 11.7. The molecule has 1 rings (SSSR count). The summed E-state index contributed by atoms with van der Waals surface area (Å²) < 4.78 is 0. The van der Waals surface area contributed by atoms with Gasteiger partial charge in [0.1, 0.15) is 5.75 Å². The lowest BCUT2D eigenvalue weighted by atomic mass is 10.1. The van der Waals surface area contributed by atoms with Crippen molar-refractivity contribution in [2.24, 2.45) is 5.92 Å². The van der Waals surface area contributed by atoms with E-state index in [4.69, 9.17) is 0 Å². The van der Waals surface area contributed by atoms with E-state index >= 15 is 0 Å². The summed E-state index contributed by atoms with van der Waals surface area (Å²) in [6.45, 7) is 4.11. The molecule has 0 fully saturated rings. The Kier molecular flexibility index (Phi) is 4.80. The van der Waals surface area contributed by atoms with Crippen LogP contribution in [0.25, 0.3) is 0 Å². The smallest absolute Gasteiger partial charge is 0.238 e. The predicted octanol–water partition coefficient (Wildman–Crippen LogP) is 3.14. The molecule has 0 saturated carbocycles. The van der Waals surface area contributed by atoms with Crippen molar-refractivity contribution in [2.75, 3.05) is 5.32 Å². The number of amides is 1. The molecule has 0 bridgehead atoms. The highest BCUT2D eigenvalue weighted by atomic mass is 79.9. The van der Waals surface area contributed by atoms with Crippen molar-refractivity contribution in [3.63, 3.8) is 0 Å². The van der Waals surface area contributed by atoms with Crippen molar-refractivity contribution in [3.8, 4) is 5.75 Å². The molecule has 0 saturated heterocycles. The number of anilines is 1. The lowest BCUT2D eigenvalue weighted by molar-refractivity contribution is -0.115. The number of hydrogen-bond donors (Lipinski definition) is 2. The molecule has 0 aliphatic carbocycles. The van der Waals surface area contributed by atoms with Crippen molar-refractivity contribution in [3.05, 3.63) is 24.3 Å². The Bertz CT molecular complexity index is 366. The number of benzene rings is 1. The van der Waals surface area contributed by atoms with Crippen LogP contribution in [0.4, 0.5) is 5.69 Å². The Balaban J connectivity index is 2.61. The minimum atomic E-state index is -0.230. The third-order valence-corrected chi connectivity index (χ3v) is 2.91. The van der Waals surface area contributed by atoms with Gasteiger partial charge < -0.3 is 10.4 Å². The molecule has 0 aliphatic heterocycles. The largest absolute Gasteiger partial charge is 0.506 e. The molecule has 1 amide bonds. The van der Waals surface area contributed by atoms with Crippen LogP contribution in [-0.2, 0) is 4.79 Å². The molecule has 0 heterocycles. The summed E-state index contributed by atoms with van der Waals surface area (Å²) in [5.41, 5.74) is 0.445. The average molecular weight is 286 g/mol. The van der Waals surface area contributed by atoms with Gasteiger partial charge in [-0.15, -0.1) is 0 Å². The number of carbonyl (C=O) groups is 1. The average Bonchev–Trinajstić information content (AvgIpc) is 2.20. The maximum Gasteiger partial charge on any atom is 0.238 e. The van der Waals surface area contributed by atoms with Crippen molar-refractivity contribution in [1.29, 1.82) is 0 Å². The molecule has 1 aromatic rings. The molecule has 1 unspecified atom stereocenters. The number of aromatic hydroxyl groups is 1. The van der Waals surface area contributed by atoms with E-state index in [0.29, 0.717) is 11.6 Å². The van der Waals surface area contributed by atoms with Crippen molar-refractivity contribution in [1.82, 2.24) is 0 Å². The van der Waals surface area contributed by atoms with Crippen LogP contribution in [0, 0.1) is 5.92 Å². The fourth-order valence-electron chi connectivity index (χ4n) is 1.31. The summed E-state index contributed by atoms with van der Waals surface area (Å²) in [7, 11) is 0. The topological polar surface area (TPSA) is 49.3 Å². The van der Waals surface area contributed by atoms with E-state index in [1.807, 2.05) is 0 Å². The molecule has 0 aromatic heterocycles. The summed E-state index contributed by atoms with van der Waals surface area (Å²) >= 11 is 3.33. The first-order valence-corrected chi connectivity index (χ1v) is 6.15. The highest BCUT2D eigenvalue weighted by Crippen LogP contribution is 2.23. The molecule has 2 N–H and O–H groups in total. The fraction of sp³-hybridized carbons (Fsp3) is 0.417. The molecule has 1 aromatic carbocycles. The lowest BCUT2D eigenvalue weighted by Gasteiger charge is -2.13. The molecule has 16 heavy (non-hydrogen) atoms. The number of halogens is 1. The van der Waals surface area contributed by atoms with Crippen molar-refractivity contribution >= 4 is 27.5 Å². The molecule has 3 nitrogen and oxygen atoms in total. The van der Waals surface area contributed by atoms with E-state index in [1.165, 1.54) is 0 Å². The number of alkyl halides is 1. The van der Waals surface area contributed by atoms with Gasteiger partial charge in [0.15, 0.2) is 0 Å². The Hall–Kier alpha value is -1.03. The van der Waals surface area contributed by atoms with Gasteiger partial charge in [-0.25, -0.2) is 0 Å². The van der Waals surface area contributed by atoms with E-state index in [1.54, 1.807) is 24.3 Å². The van der Waals surface area contributed by atoms with Crippen LogP contribution in [0.5, 0.6) is 5.75 Å². The van der Waals surface area contributed by atoms with Crippen LogP contribution in [0.15, 0.2) is 24.3 Å². The van der Waals surface area contributed by atoms with Crippen LogP contribution in [0.2, 0.25) is 0 Å². The van der Waals surface area contributed by atoms with Gasteiger partial charge in [0.2, 0.25) is 5.91 Å². The number of rotatable bonds is 4. The highest BCUT2D eigenvalue weighted by molar-refractivity contribution is 9.10. The summed E-state index contributed by atoms with van der Waals surface area (Å²) in [5, 5.41) is 12.2. The Morgan fingerprint density at radius 1 is 1.44 bits per heavy atom. The second-order valence-corrected chi connectivity index (χ2v) is 5.21. The Labute approximate surface area is 104 Å². The van der Waals surface area contributed by atoms with E-state index in [2.05, 4.69) is 35.1 Å². The van der Waals surface area contributed by atoms with Gasteiger partial charge in [0, 0.05) is 0 Å². The van der Waals surface area contributed by atoms with Gasteiger partial charge in [0.25, 0.3) is 0 Å². The zero-order valence-corrected chi connectivity index (χ0v) is 11.0. The molecular formula is C12H16BrNO2. The molecule has 0 radical (unpaired) electrons. The van der Waals surface area contributed by atoms with Gasteiger partial charge in [0.05, 0.1) is 10.5 Å². The molecule has 0 spiro atoms. The van der Waals surface area contributed by atoms with Crippen LogP contribution in [0.1, 0.15) is 20.3 Å². The minimum absolute atomic E-state index is 0.0834. The first-order valence-electron chi connectivity index (χ1n) is 5.23. The minimum Gasteiger partial charge on any atom is -0.506 e. The van der Waals surface area contributed by atoms with Gasteiger partial charge in [-0.3, -0.25) is 4.79 Å². The standard InChI is InChI=1S/C12H16BrNO2/c1-8(2)7-9(13)12(16)14-10-5-3-4-6-11(10)15/h3-6,8-9,15H,7H2,1-2H3,(H,14,16). The van der Waals surface area contributed by atoms with Crippen molar-refractivity contribution in [2.45, 2.75) is 25.1 Å². The van der Waals surface area contributed by atoms with Gasteiger partial charge in [-0.05, 0) is 24.5 Å². The predicted molar refractivity (Wildman–Crippen MR) is 68.9 cm³/mol. The van der Waals surface area contributed by atoms with E-state index < -0.39 is 0 Å². The summed E-state index contributed by atoms with van der Waals surface area (Å²) in [4.78, 5) is 11.5. The third-order valence-electron chi connectivity index (χ3n) is 2.12. The third kappa shape index (κ3) is 3.85. The Morgan fingerprint density at radius 2 is 2.06 bits per heavy atom. The molecule has 0 aliphatic rings. The first-order chi connectivity index (χ1) is 7.50. The molecule has 88 valence electrons. The zero-order chi connectivity index (χ0) is 12.1. The van der Waals surface area contributed by atoms with E-state index in [9.17, 15) is 9.90 Å². The van der Waals surface area contributed by atoms with Gasteiger partial charge >= 0.3 is 0 Å². The normalized spacial score (nSPS) is 12.5. The number of para-hydroxylation sites is 2. The SMILES string of the molecule is CC(C)CC(Br)C(=O)Nc1ccccc1O. The maximum atomic E-state index is 11.7. The second-order valence-electron chi connectivity index (χ2n) is 4.10. The summed E-state index contributed by atoms with van der Waals surface area (Å²) in [5.74, 6) is 0.398. The van der Waals surface area contributed by atoms with E-state index in [-0.39, 0.29) is 16.5 Å². The molecular weight excluding hydrogens is 270 g/mol. The lowest BCUT2D eigenvalue weighted by Crippen LogP contribution is -2.24. The number of hydrogen-bond acceptors (Lipinski definition) is 2. The zero-order valence-electron chi connectivity index (χ0n) is 9.40. The van der Waals surface area contributed by atoms with Crippen LogP contribution in [0.3, 0.4) is 0 Å². The first kappa shape index (κ1) is 13.0. The van der Waals surface area contributed by atoms with Crippen LogP contribution >= 0.6 is 15.9 Å². The van der Waals surface area contributed by atoms with Gasteiger partial charge in [-0.2, -0.15) is 0 Å². The fourth-order valence-corrected chi connectivity index (χ4v) is 2.17. The monoisotopic (exact) mass is 285 g/mol. The molecule has 4 heteroatoms. The number of carbonyl (C=O) groups excluding carboxylic acids is 1. The number of phenols is 1. The van der Waals surface area contributed by atoms with Crippen LogP contribution in [-0.4, -0.2) is 15.8 Å². The van der Waals surface area contributed by atoms with Crippen molar-refractivity contribution < 1.29 is 9.90 Å².